The monoisotopic (exact) mass is 213 g/mol. The molecule has 0 fully saturated rings. The summed E-state index contributed by atoms with van der Waals surface area (Å²) in [5.74, 6) is 0. The van der Waals surface area contributed by atoms with E-state index in [1.54, 1.807) is 5.38 Å². The Kier molecular flexibility index (Phi) is 5.42. The Balaban J connectivity index is 0.000000222. The van der Waals surface area contributed by atoms with Gasteiger partial charge in [-0.25, -0.2) is 0 Å². The predicted molar refractivity (Wildman–Crippen MR) is 38.3 cm³/mol. The fourth-order valence-corrected chi connectivity index (χ4v) is 0.666. The first-order chi connectivity index (χ1) is 3.89. The third-order valence-corrected chi connectivity index (χ3v) is 1.04. The minimum atomic E-state index is -0.0139. The summed E-state index contributed by atoms with van der Waals surface area (Å²) in [6.07, 6.45) is 0. The van der Waals surface area contributed by atoms with E-state index >= 15 is 0 Å². The first kappa shape index (κ1) is 8.17. The molecule has 0 spiro atoms. The van der Waals surface area contributed by atoms with Gasteiger partial charge in [0.1, 0.15) is 0 Å². The molecule has 0 bridgehead atoms. The number of aromatic nitrogens is 1. The van der Waals surface area contributed by atoms with Crippen LogP contribution in [0.15, 0.2) is 16.2 Å². The van der Waals surface area contributed by atoms with Crippen molar-refractivity contribution >= 4 is 36.5 Å². The van der Waals surface area contributed by atoms with Crippen LogP contribution in [0.25, 0.3) is 0 Å². The van der Waals surface area contributed by atoms with Gasteiger partial charge < -0.3 is 0 Å². The third kappa shape index (κ3) is 3.21. The van der Waals surface area contributed by atoms with Crippen molar-refractivity contribution in [3.63, 3.8) is 0 Å². The minimum absolute atomic E-state index is 0.0139. The van der Waals surface area contributed by atoms with E-state index in [-0.39, 0.29) is 5.56 Å². The van der Waals surface area contributed by atoms with E-state index in [2.05, 4.69) is 29.3 Å². The SMILES string of the molecule is O=c1ccs[nH]1.S=[Se]. The maximum absolute atomic E-state index is 10.0. The summed E-state index contributed by atoms with van der Waals surface area (Å²) in [5.41, 5.74) is -0.0139. The first-order valence-electron chi connectivity index (χ1n) is 1.68. The molecule has 0 saturated heterocycles. The van der Waals surface area contributed by atoms with Crippen molar-refractivity contribution in [2.24, 2.45) is 0 Å². The Morgan fingerprint density at radius 1 is 1.75 bits per heavy atom. The van der Waals surface area contributed by atoms with E-state index < -0.39 is 0 Å². The average molecular weight is 212 g/mol. The van der Waals surface area contributed by atoms with Crippen molar-refractivity contribution in [2.45, 2.75) is 0 Å². The van der Waals surface area contributed by atoms with Crippen LogP contribution in [-0.2, 0) is 0 Å². The molecule has 0 atom stereocenters. The van der Waals surface area contributed by atoms with Crippen molar-refractivity contribution in [1.29, 1.82) is 0 Å². The van der Waals surface area contributed by atoms with Gasteiger partial charge >= 0.3 is 24.9 Å². The predicted octanol–water partition coefficient (Wildman–Crippen LogP) is 0.704. The van der Waals surface area contributed by atoms with Crippen molar-refractivity contribution in [3.8, 4) is 0 Å². The molecule has 0 unspecified atom stereocenters. The van der Waals surface area contributed by atoms with Crippen LogP contribution in [0.2, 0.25) is 0 Å². The molecular weight excluding hydrogens is 209 g/mol. The molecule has 1 heterocycles. The summed E-state index contributed by atoms with van der Waals surface area (Å²) in [7, 11) is 3.96. The Hall–Kier alpha value is 0.169. The molecule has 0 aliphatic heterocycles. The van der Waals surface area contributed by atoms with Crippen molar-refractivity contribution in [3.05, 3.63) is 21.8 Å². The van der Waals surface area contributed by atoms with Gasteiger partial charge in [0.15, 0.2) is 0 Å². The zero-order chi connectivity index (χ0) is 6.41. The van der Waals surface area contributed by atoms with Gasteiger partial charge in [0.2, 0.25) is 0 Å². The van der Waals surface area contributed by atoms with E-state index in [1.165, 1.54) is 17.6 Å². The van der Waals surface area contributed by atoms with Gasteiger partial charge in [-0.2, -0.15) is 0 Å². The summed E-state index contributed by atoms with van der Waals surface area (Å²) < 4.78 is 2.49. The van der Waals surface area contributed by atoms with Gasteiger partial charge in [0.25, 0.3) is 5.56 Å². The molecule has 44 valence electrons. The van der Waals surface area contributed by atoms with E-state index in [9.17, 15) is 4.79 Å². The second kappa shape index (κ2) is 5.31. The molecule has 8 heavy (non-hydrogen) atoms. The van der Waals surface area contributed by atoms with E-state index in [4.69, 9.17) is 0 Å². The molecule has 1 aromatic rings. The number of aromatic amines is 1. The summed E-state index contributed by atoms with van der Waals surface area (Å²) in [5, 5.41) is 1.71. The van der Waals surface area contributed by atoms with Crippen LogP contribution < -0.4 is 5.56 Å². The molecule has 1 N–H and O–H groups in total. The van der Waals surface area contributed by atoms with Crippen LogP contribution in [0.5, 0.6) is 0 Å². The topological polar surface area (TPSA) is 32.9 Å². The van der Waals surface area contributed by atoms with E-state index in [1.807, 2.05) is 0 Å². The third-order valence-electron chi connectivity index (χ3n) is 0.447. The Bertz CT molecular complexity index is 167. The van der Waals surface area contributed by atoms with Crippen LogP contribution in [0.3, 0.4) is 0 Å². The molecule has 2 nitrogen and oxygen atoms in total. The van der Waals surface area contributed by atoms with Gasteiger partial charge in [-0.1, -0.05) is 11.5 Å². The van der Waals surface area contributed by atoms with Crippen molar-refractivity contribution in [1.82, 2.24) is 4.37 Å². The average Bonchev–Trinajstić information content (AvgIpc) is 2.24. The van der Waals surface area contributed by atoms with E-state index in [0.717, 1.165) is 0 Å². The number of H-pyrrole nitrogens is 1. The Morgan fingerprint density at radius 3 is 2.50 bits per heavy atom. The van der Waals surface area contributed by atoms with Crippen LogP contribution in [-0.4, -0.2) is 18.8 Å². The molecule has 0 saturated carbocycles. The van der Waals surface area contributed by atoms with Crippen molar-refractivity contribution in [2.75, 3.05) is 0 Å². The first-order valence-corrected chi connectivity index (χ1v) is 4.99. The Labute approximate surface area is 62.8 Å². The normalized spacial score (nSPS) is 7.00. The number of rotatable bonds is 0. The van der Waals surface area contributed by atoms with Gasteiger partial charge in [-0.3, -0.25) is 9.17 Å². The summed E-state index contributed by atoms with van der Waals surface area (Å²) in [4.78, 5) is 10.0. The van der Waals surface area contributed by atoms with Crippen LogP contribution in [0, 0.1) is 0 Å². The van der Waals surface area contributed by atoms with Gasteiger partial charge in [0.05, 0.1) is 0 Å². The van der Waals surface area contributed by atoms with E-state index in [0.29, 0.717) is 0 Å². The molecule has 0 aliphatic rings. The molecule has 1 aromatic heterocycles. The fraction of sp³-hybridized carbons (Fsp3) is 0. The molecule has 0 radical (unpaired) electrons. The molecule has 0 amide bonds. The maximum atomic E-state index is 10.0. The number of nitrogens with one attached hydrogen (secondary N) is 1. The number of hydrogen-bond acceptors (Lipinski definition) is 3. The second-order valence-corrected chi connectivity index (χ2v) is 1.60. The zero-order valence-electron chi connectivity index (χ0n) is 3.79. The van der Waals surface area contributed by atoms with Crippen LogP contribution >= 0.6 is 22.1 Å². The second-order valence-electron chi connectivity index (χ2n) is 0.887. The molecule has 0 aliphatic carbocycles. The molecular formula is C3H3NOS2Se. The fourth-order valence-electron chi connectivity index (χ4n) is 0.222. The summed E-state index contributed by atoms with van der Waals surface area (Å²) >= 11 is 3.51. The van der Waals surface area contributed by atoms with Gasteiger partial charge in [-0.15, -0.1) is 0 Å². The molecule has 0 aromatic carbocycles. The van der Waals surface area contributed by atoms with Crippen molar-refractivity contribution < 1.29 is 0 Å². The Morgan fingerprint density at radius 2 is 2.38 bits per heavy atom. The number of hydrogen-bond donors (Lipinski definition) is 1. The standard InChI is InChI=1S/C3H3NOS.SSe/c5-3-1-2-6-4-3;1-2/h1-2H,(H,4,5);. The zero-order valence-corrected chi connectivity index (χ0v) is 7.13. The van der Waals surface area contributed by atoms with Crippen LogP contribution in [0.1, 0.15) is 0 Å². The summed E-state index contributed by atoms with van der Waals surface area (Å²) in [6, 6.07) is 1.49. The quantitative estimate of drug-likeness (QED) is 0.642. The summed E-state index contributed by atoms with van der Waals surface area (Å²) in [6.45, 7) is 0. The van der Waals surface area contributed by atoms with Gasteiger partial charge in [-0.05, 0) is 0 Å². The molecule has 1 rings (SSSR count). The molecule has 5 heteroatoms. The van der Waals surface area contributed by atoms with Crippen LogP contribution in [0.4, 0.5) is 0 Å². The van der Waals surface area contributed by atoms with Gasteiger partial charge in [0, 0.05) is 11.4 Å².